The van der Waals surface area contributed by atoms with Crippen LogP contribution in [0.1, 0.15) is 36.8 Å². The third kappa shape index (κ3) is 5.80. The summed E-state index contributed by atoms with van der Waals surface area (Å²) in [7, 11) is 0. The number of urea groups is 1. The van der Waals surface area contributed by atoms with E-state index < -0.39 is 22.8 Å². The summed E-state index contributed by atoms with van der Waals surface area (Å²) in [5.41, 5.74) is -0.422. The van der Waals surface area contributed by atoms with Crippen LogP contribution in [0.5, 0.6) is 5.75 Å². The molecule has 9 heteroatoms. The van der Waals surface area contributed by atoms with Crippen LogP contribution >= 0.6 is 11.6 Å². The largest absolute Gasteiger partial charge is 0.490 e. The van der Waals surface area contributed by atoms with Crippen molar-refractivity contribution >= 4 is 23.3 Å². The van der Waals surface area contributed by atoms with Gasteiger partial charge in [-0.05, 0) is 68.1 Å². The zero-order valence-corrected chi connectivity index (χ0v) is 16.6. The fraction of sp³-hybridized carbons (Fsp3) is 0.333. The first-order chi connectivity index (χ1) is 14.2. The zero-order valence-electron chi connectivity index (χ0n) is 15.8. The van der Waals surface area contributed by atoms with E-state index in [1.54, 1.807) is 24.3 Å². The van der Waals surface area contributed by atoms with Crippen LogP contribution in [0, 0.1) is 11.3 Å². The van der Waals surface area contributed by atoms with Gasteiger partial charge in [0, 0.05) is 11.7 Å². The summed E-state index contributed by atoms with van der Waals surface area (Å²) in [6.07, 6.45) is -1.78. The minimum absolute atomic E-state index is 0.00431. The highest BCUT2D eigenvalue weighted by Gasteiger charge is 2.33. The van der Waals surface area contributed by atoms with Crippen LogP contribution in [-0.2, 0) is 6.18 Å². The molecule has 2 N–H and O–H groups in total. The second-order valence-corrected chi connectivity index (χ2v) is 7.43. The first kappa shape index (κ1) is 21.8. The summed E-state index contributed by atoms with van der Waals surface area (Å²) in [6, 6.07) is 11.5. The van der Waals surface area contributed by atoms with Crippen molar-refractivity contribution in [1.82, 2.24) is 5.32 Å². The molecule has 1 fully saturated rings. The van der Waals surface area contributed by atoms with Crippen LogP contribution in [0.3, 0.4) is 0 Å². The first-order valence-corrected chi connectivity index (χ1v) is 9.73. The van der Waals surface area contributed by atoms with E-state index in [1.807, 2.05) is 6.07 Å². The maximum atomic E-state index is 12.9. The van der Waals surface area contributed by atoms with Gasteiger partial charge in [0.1, 0.15) is 5.75 Å². The van der Waals surface area contributed by atoms with E-state index in [4.69, 9.17) is 21.6 Å². The number of hydrogen-bond donors (Lipinski definition) is 2. The van der Waals surface area contributed by atoms with Gasteiger partial charge in [-0.2, -0.15) is 18.4 Å². The van der Waals surface area contributed by atoms with Crippen molar-refractivity contribution in [1.29, 1.82) is 5.26 Å². The Morgan fingerprint density at radius 3 is 2.37 bits per heavy atom. The Balaban J connectivity index is 1.48. The highest BCUT2D eigenvalue weighted by molar-refractivity contribution is 6.31. The molecule has 0 aromatic heterocycles. The van der Waals surface area contributed by atoms with Crippen LogP contribution in [0.25, 0.3) is 0 Å². The molecule has 3 rings (SSSR count). The molecular weight excluding hydrogens is 419 g/mol. The molecule has 0 saturated heterocycles. The van der Waals surface area contributed by atoms with Gasteiger partial charge in [-0.1, -0.05) is 11.6 Å². The summed E-state index contributed by atoms with van der Waals surface area (Å²) >= 11 is 5.59. The maximum Gasteiger partial charge on any atom is 0.417 e. The Kier molecular flexibility index (Phi) is 6.73. The maximum absolute atomic E-state index is 12.9. The van der Waals surface area contributed by atoms with Crippen LogP contribution in [-0.4, -0.2) is 18.2 Å². The summed E-state index contributed by atoms with van der Waals surface area (Å²) in [4.78, 5) is 12.2. The topological polar surface area (TPSA) is 74.1 Å². The molecule has 0 heterocycles. The lowest BCUT2D eigenvalue weighted by Crippen LogP contribution is -2.41. The molecule has 0 unspecified atom stereocenters. The number of carbonyl (C=O) groups is 1. The van der Waals surface area contributed by atoms with E-state index in [-0.39, 0.29) is 17.8 Å². The zero-order chi connectivity index (χ0) is 21.7. The van der Waals surface area contributed by atoms with Crippen LogP contribution in [0.15, 0.2) is 42.5 Å². The molecule has 5 nitrogen and oxygen atoms in total. The molecular formula is C21H19ClF3N3O2. The van der Waals surface area contributed by atoms with Crippen molar-refractivity contribution in [2.45, 2.75) is 44.0 Å². The van der Waals surface area contributed by atoms with Crippen molar-refractivity contribution in [3.8, 4) is 11.8 Å². The minimum Gasteiger partial charge on any atom is -0.490 e. The molecule has 0 atom stereocenters. The average Bonchev–Trinajstić information content (AvgIpc) is 2.70. The van der Waals surface area contributed by atoms with Crippen molar-refractivity contribution in [3.05, 3.63) is 58.6 Å². The van der Waals surface area contributed by atoms with Gasteiger partial charge in [-0.25, -0.2) is 4.79 Å². The van der Waals surface area contributed by atoms with E-state index in [1.165, 1.54) is 6.07 Å². The van der Waals surface area contributed by atoms with Crippen LogP contribution in [0.4, 0.5) is 23.7 Å². The number of halogens is 4. The Morgan fingerprint density at radius 2 is 1.77 bits per heavy atom. The number of ether oxygens (including phenoxy) is 1. The number of anilines is 1. The molecule has 2 amide bonds. The summed E-state index contributed by atoms with van der Waals surface area (Å²) < 4.78 is 44.7. The highest BCUT2D eigenvalue weighted by Crippen LogP contribution is 2.36. The minimum atomic E-state index is -4.60. The number of alkyl halides is 3. The molecule has 30 heavy (non-hydrogen) atoms. The molecule has 1 saturated carbocycles. The van der Waals surface area contributed by atoms with Gasteiger partial charge in [0.15, 0.2) is 0 Å². The van der Waals surface area contributed by atoms with Gasteiger partial charge in [0.05, 0.1) is 28.3 Å². The highest BCUT2D eigenvalue weighted by atomic mass is 35.5. The van der Waals surface area contributed by atoms with Crippen molar-refractivity contribution in [2.75, 3.05) is 5.32 Å². The van der Waals surface area contributed by atoms with E-state index in [2.05, 4.69) is 10.6 Å². The predicted molar refractivity (Wildman–Crippen MR) is 106 cm³/mol. The molecule has 2 aromatic rings. The summed E-state index contributed by atoms with van der Waals surface area (Å²) in [5.74, 6) is 0.686. The molecule has 2 aromatic carbocycles. The number of nitrogens with zero attached hydrogens (tertiary/aromatic N) is 1. The van der Waals surface area contributed by atoms with E-state index in [0.29, 0.717) is 24.2 Å². The van der Waals surface area contributed by atoms with E-state index in [0.717, 1.165) is 25.0 Å². The number of rotatable bonds is 4. The molecule has 0 radical (unpaired) electrons. The van der Waals surface area contributed by atoms with Gasteiger partial charge in [-0.3, -0.25) is 0 Å². The molecule has 1 aliphatic carbocycles. The smallest absolute Gasteiger partial charge is 0.417 e. The van der Waals surface area contributed by atoms with Crippen molar-refractivity contribution in [2.24, 2.45) is 0 Å². The van der Waals surface area contributed by atoms with Crippen LogP contribution < -0.4 is 15.4 Å². The SMILES string of the molecule is N#Cc1ccc(OC2CCC(NC(=O)Nc3ccc(Cl)c(C(F)(F)F)c3)CC2)cc1. The predicted octanol–water partition coefficient (Wildman–Crippen LogP) is 5.74. The summed E-state index contributed by atoms with van der Waals surface area (Å²) in [6.45, 7) is 0. The lowest BCUT2D eigenvalue weighted by atomic mass is 9.93. The van der Waals surface area contributed by atoms with E-state index >= 15 is 0 Å². The standard InChI is InChI=1S/C21H19ClF3N3O2/c22-19-10-5-15(11-18(19)21(23,24)25)28-20(29)27-14-3-8-17(9-4-14)30-16-6-1-13(12-26)2-7-16/h1-2,5-7,10-11,14,17H,3-4,8-9H2,(H2,27,28,29). The first-order valence-electron chi connectivity index (χ1n) is 9.35. The number of benzene rings is 2. The average molecular weight is 438 g/mol. The number of nitrogens with one attached hydrogen (secondary N) is 2. The second kappa shape index (κ2) is 9.26. The number of nitriles is 1. The number of hydrogen-bond acceptors (Lipinski definition) is 3. The second-order valence-electron chi connectivity index (χ2n) is 7.02. The van der Waals surface area contributed by atoms with Crippen molar-refractivity contribution in [3.63, 3.8) is 0 Å². The Bertz CT molecular complexity index is 934. The van der Waals surface area contributed by atoms with Gasteiger partial charge in [-0.15, -0.1) is 0 Å². The number of carbonyl (C=O) groups excluding carboxylic acids is 1. The third-order valence-electron chi connectivity index (χ3n) is 4.83. The van der Waals surface area contributed by atoms with Crippen LogP contribution in [0.2, 0.25) is 5.02 Å². The Morgan fingerprint density at radius 1 is 1.10 bits per heavy atom. The van der Waals surface area contributed by atoms with Gasteiger partial charge < -0.3 is 15.4 Å². The van der Waals surface area contributed by atoms with Gasteiger partial charge >= 0.3 is 12.2 Å². The van der Waals surface area contributed by atoms with Crippen molar-refractivity contribution < 1.29 is 22.7 Å². The van der Waals surface area contributed by atoms with Gasteiger partial charge in [0.2, 0.25) is 0 Å². The molecule has 0 aliphatic heterocycles. The summed E-state index contributed by atoms with van der Waals surface area (Å²) in [5, 5.41) is 13.6. The molecule has 0 bridgehead atoms. The number of amides is 2. The lowest BCUT2D eigenvalue weighted by Gasteiger charge is -2.29. The Hall–Kier alpha value is -2.92. The fourth-order valence-electron chi connectivity index (χ4n) is 3.30. The normalized spacial score (nSPS) is 18.9. The van der Waals surface area contributed by atoms with E-state index in [9.17, 15) is 18.0 Å². The molecule has 0 spiro atoms. The fourth-order valence-corrected chi connectivity index (χ4v) is 3.52. The molecule has 158 valence electrons. The quantitative estimate of drug-likeness (QED) is 0.640. The third-order valence-corrected chi connectivity index (χ3v) is 5.15. The lowest BCUT2D eigenvalue weighted by molar-refractivity contribution is -0.137. The molecule has 1 aliphatic rings. The Labute approximate surface area is 176 Å². The monoisotopic (exact) mass is 437 g/mol. The van der Waals surface area contributed by atoms with Gasteiger partial charge in [0.25, 0.3) is 0 Å².